The predicted octanol–water partition coefficient (Wildman–Crippen LogP) is 3.34. The summed E-state index contributed by atoms with van der Waals surface area (Å²) < 4.78 is 1.77. The molecule has 0 saturated carbocycles. The molecule has 1 atom stereocenters. The van der Waals surface area contributed by atoms with Gasteiger partial charge in [-0.2, -0.15) is 0 Å². The monoisotopic (exact) mass is 431 g/mol. The van der Waals surface area contributed by atoms with Crippen LogP contribution >= 0.6 is 0 Å². The van der Waals surface area contributed by atoms with E-state index in [1.807, 2.05) is 25.1 Å². The van der Waals surface area contributed by atoms with Crippen molar-refractivity contribution in [3.63, 3.8) is 0 Å². The van der Waals surface area contributed by atoms with Crippen LogP contribution in [0, 0.1) is 6.92 Å². The number of aromatic nitrogens is 4. The Balaban J connectivity index is 1.32. The summed E-state index contributed by atoms with van der Waals surface area (Å²) in [6.45, 7) is 3.08. The lowest BCUT2D eigenvalue weighted by Crippen LogP contribution is -2.42. The van der Waals surface area contributed by atoms with Crippen LogP contribution < -0.4 is 5.69 Å². The third-order valence-electron chi connectivity index (χ3n) is 6.31. The van der Waals surface area contributed by atoms with Gasteiger partial charge in [0.25, 0.3) is 0 Å². The van der Waals surface area contributed by atoms with Crippen LogP contribution in [0.2, 0.25) is 0 Å². The quantitative estimate of drug-likeness (QED) is 0.473. The number of nitrogens with one attached hydrogen (secondary N) is 2. The Morgan fingerprint density at radius 3 is 2.78 bits per heavy atom. The van der Waals surface area contributed by atoms with E-state index in [0.717, 1.165) is 35.0 Å². The number of benzene rings is 1. The molecular weight excluding hydrogens is 406 g/mol. The van der Waals surface area contributed by atoms with Gasteiger partial charge in [0.05, 0.1) is 23.3 Å². The maximum Gasteiger partial charge on any atom is 0.326 e. The van der Waals surface area contributed by atoms with Crippen LogP contribution in [0.3, 0.4) is 0 Å². The molecule has 1 fully saturated rings. The Labute approximate surface area is 184 Å². The average molecular weight is 431 g/mol. The highest BCUT2D eigenvalue weighted by Gasteiger charge is 2.28. The number of ketones is 1. The molecule has 4 heterocycles. The summed E-state index contributed by atoms with van der Waals surface area (Å²) in [5.41, 5.74) is 3.77. The molecule has 8 nitrogen and oxygen atoms in total. The number of likely N-dealkylation sites (tertiary alicyclic amines) is 1. The van der Waals surface area contributed by atoms with Crippen LogP contribution in [0.5, 0.6) is 0 Å². The van der Waals surface area contributed by atoms with E-state index in [9.17, 15) is 14.4 Å². The molecule has 1 aliphatic heterocycles. The van der Waals surface area contributed by atoms with E-state index in [1.165, 1.54) is 0 Å². The SMILES string of the molecule is Cc1ccc(C(=O)CCC(=O)N2CCC[C@@H](n3c(=O)[nH]c4cnc5[nH]ccc5c43)C2)cc1. The average Bonchev–Trinajstić information content (AvgIpc) is 3.41. The zero-order valence-corrected chi connectivity index (χ0v) is 17.9. The topological polar surface area (TPSA) is 104 Å². The Kier molecular flexibility index (Phi) is 5.13. The molecule has 4 aromatic rings. The van der Waals surface area contributed by atoms with Gasteiger partial charge in [0.1, 0.15) is 5.65 Å². The van der Waals surface area contributed by atoms with Gasteiger partial charge in [-0.3, -0.25) is 14.2 Å². The first-order valence-electron chi connectivity index (χ1n) is 10.9. The molecule has 0 spiro atoms. The lowest BCUT2D eigenvalue weighted by atomic mass is 10.0. The molecule has 0 aliphatic carbocycles. The summed E-state index contributed by atoms with van der Waals surface area (Å²) in [6.07, 6.45) is 5.45. The second kappa shape index (κ2) is 8.11. The lowest BCUT2D eigenvalue weighted by Gasteiger charge is -2.33. The van der Waals surface area contributed by atoms with Gasteiger partial charge in [-0.05, 0) is 25.8 Å². The van der Waals surface area contributed by atoms with Crippen LogP contribution in [0.1, 0.15) is 47.6 Å². The number of amides is 1. The number of carbonyl (C=O) groups excluding carboxylic acids is 2. The smallest absolute Gasteiger partial charge is 0.326 e. The van der Waals surface area contributed by atoms with E-state index >= 15 is 0 Å². The molecule has 8 heteroatoms. The van der Waals surface area contributed by atoms with Crippen LogP contribution in [0.15, 0.2) is 47.5 Å². The maximum atomic E-state index is 12.9. The number of nitrogens with zero attached hydrogens (tertiary/aromatic N) is 3. The number of imidazole rings is 1. The molecule has 32 heavy (non-hydrogen) atoms. The Hall–Kier alpha value is -3.68. The molecule has 164 valence electrons. The molecule has 3 aromatic heterocycles. The fourth-order valence-corrected chi connectivity index (χ4v) is 4.62. The Morgan fingerprint density at radius 1 is 1.16 bits per heavy atom. The number of hydrogen-bond donors (Lipinski definition) is 2. The van der Waals surface area contributed by atoms with E-state index in [1.54, 1.807) is 34.0 Å². The van der Waals surface area contributed by atoms with Crippen molar-refractivity contribution in [2.24, 2.45) is 0 Å². The molecular formula is C24H25N5O3. The highest BCUT2D eigenvalue weighted by molar-refractivity contribution is 6.01. The summed E-state index contributed by atoms with van der Waals surface area (Å²) >= 11 is 0. The number of aryl methyl sites for hydroxylation is 1. The van der Waals surface area contributed by atoms with Crippen LogP contribution in [0.25, 0.3) is 22.1 Å². The predicted molar refractivity (Wildman–Crippen MR) is 122 cm³/mol. The van der Waals surface area contributed by atoms with Gasteiger partial charge in [-0.25, -0.2) is 9.78 Å². The molecule has 1 aromatic carbocycles. The molecule has 1 amide bonds. The molecule has 1 saturated heterocycles. The van der Waals surface area contributed by atoms with Gasteiger partial charge < -0.3 is 14.9 Å². The maximum absolute atomic E-state index is 12.9. The lowest BCUT2D eigenvalue weighted by molar-refractivity contribution is -0.132. The largest absolute Gasteiger partial charge is 0.346 e. The van der Waals surface area contributed by atoms with Crippen molar-refractivity contribution in [3.8, 4) is 0 Å². The number of Topliss-reactive ketones (excluding diaryl/α,β-unsaturated/α-hetero) is 1. The van der Waals surface area contributed by atoms with E-state index in [4.69, 9.17) is 0 Å². The van der Waals surface area contributed by atoms with Crippen LogP contribution in [0.4, 0.5) is 0 Å². The number of aromatic amines is 2. The molecule has 0 bridgehead atoms. The van der Waals surface area contributed by atoms with E-state index in [-0.39, 0.29) is 36.3 Å². The van der Waals surface area contributed by atoms with Crippen LogP contribution in [-0.2, 0) is 4.79 Å². The minimum atomic E-state index is -0.190. The number of fused-ring (bicyclic) bond motifs is 3. The Morgan fingerprint density at radius 2 is 1.97 bits per heavy atom. The number of hydrogen-bond acceptors (Lipinski definition) is 4. The zero-order chi connectivity index (χ0) is 22.2. The highest BCUT2D eigenvalue weighted by Crippen LogP contribution is 2.28. The molecule has 0 radical (unpaired) electrons. The highest BCUT2D eigenvalue weighted by atomic mass is 16.2. The molecule has 0 unspecified atom stereocenters. The summed E-state index contributed by atoms with van der Waals surface area (Å²) in [5.74, 6) is -0.0707. The van der Waals surface area contributed by atoms with Crippen molar-refractivity contribution >= 4 is 33.8 Å². The second-order valence-electron chi connectivity index (χ2n) is 8.49. The number of H-pyrrole nitrogens is 2. The molecule has 1 aliphatic rings. The van der Waals surface area contributed by atoms with E-state index in [2.05, 4.69) is 15.0 Å². The first kappa shape index (κ1) is 20.2. The number of pyridine rings is 1. The van der Waals surface area contributed by atoms with Crippen molar-refractivity contribution in [3.05, 3.63) is 64.3 Å². The van der Waals surface area contributed by atoms with E-state index in [0.29, 0.717) is 24.2 Å². The summed E-state index contributed by atoms with van der Waals surface area (Å²) in [7, 11) is 0. The van der Waals surface area contributed by atoms with E-state index < -0.39 is 0 Å². The summed E-state index contributed by atoms with van der Waals surface area (Å²) in [6, 6.07) is 9.21. The van der Waals surface area contributed by atoms with Gasteiger partial charge >= 0.3 is 5.69 Å². The van der Waals surface area contributed by atoms with Crippen LogP contribution in [-0.4, -0.2) is 49.2 Å². The summed E-state index contributed by atoms with van der Waals surface area (Å²) in [5, 5.41) is 0.882. The molecule has 5 rings (SSSR count). The van der Waals surface area contributed by atoms with Gasteiger partial charge in [-0.1, -0.05) is 29.8 Å². The minimum Gasteiger partial charge on any atom is -0.346 e. The van der Waals surface area contributed by atoms with Crippen molar-refractivity contribution in [1.82, 2.24) is 24.4 Å². The summed E-state index contributed by atoms with van der Waals surface area (Å²) in [4.78, 5) is 50.3. The van der Waals surface area contributed by atoms with Crippen molar-refractivity contribution in [1.29, 1.82) is 0 Å². The fraction of sp³-hybridized carbons (Fsp3) is 0.333. The zero-order valence-electron chi connectivity index (χ0n) is 17.9. The fourth-order valence-electron chi connectivity index (χ4n) is 4.62. The number of carbonyl (C=O) groups is 2. The minimum absolute atomic E-state index is 0.0258. The standard InChI is InChI=1S/C24H25N5O3/c1-15-4-6-16(7-5-15)20(30)8-9-21(31)28-12-2-3-17(14-28)29-22-18-10-11-25-23(18)26-13-19(22)27-24(29)32/h4-7,10-11,13,17H,2-3,8-9,12,14H2,1H3,(H,25,26)(H,27,32)/t17-/m1/s1. The van der Waals surface area contributed by atoms with Gasteiger partial charge in [0, 0.05) is 43.1 Å². The van der Waals surface area contributed by atoms with Gasteiger partial charge in [-0.15, -0.1) is 0 Å². The van der Waals surface area contributed by atoms with Gasteiger partial charge in [0.2, 0.25) is 5.91 Å². The van der Waals surface area contributed by atoms with Crippen molar-refractivity contribution in [2.45, 2.75) is 38.6 Å². The second-order valence-corrected chi connectivity index (χ2v) is 8.49. The third kappa shape index (κ3) is 3.62. The van der Waals surface area contributed by atoms with Crippen molar-refractivity contribution in [2.75, 3.05) is 13.1 Å². The molecule has 2 N–H and O–H groups in total. The normalized spacial score (nSPS) is 16.7. The Bertz CT molecular complexity index is 1360. The number of rotatable bonds is 5. The van der Waals surface area contributed by atoms with Crippen molar-refractivity contribution < 1.29 is 9.59 Å². The first-order valence-corrected chi connectivity index (χ1v) is 10.9. The first-order chi connectivity index (χ1) is 15.5. The van der Waals surface area contributed by atoms with Gasteiger partial charge in [0.15, 0.2) is 5.78 Å². The number of piperidine rings is 1. The third-order valence-corrected chi connectivity index (χ3v) is 6.31.